The standard InChI is InChI=1S/C11H12N4OS2/c1-2-5-13-10-14-15-11(18-10)17-7-9(16)8-4-3-6-12-8/h2-4,6,12H,1,5,7H2,(H,13,14). The summed E-state index contributed by atoms with van der Waals surface area (Å²) in [6.07, 6.45) is 3.49. The smallest absolute Gasteiger partial charge is 0.206 e. The molecule has 0 aliphatic carbocycles. The van der Waals surface area contributed by atoms with Crippen molar-refractivity contribution in [3.63, 3.8) is 0 Å². The molecule has 0 amide bonds. The second kappa shape index (κ2) is 6.36. The van der Waals surface area contributed by atoms with E-state index < -0.39 is 0 Å². The van der Waals surface area contributed by atoms with Gasteiger partial charge in [0.15, 0.2) is 10.1 Å². The normalized spacial score (nSPS) is 10.2. The van der Waals surface area contributed by atoms with E-state index in [9.17, 15) is 4.79 Å². The van der Waals surface area contributed by atoms with Crippen LogP contribution in [0.5, 0.6) is 0 Å². The molecule has 0 aliphatic heterocycles. The van der Waals surface area contributed by atoms with Gasteiger partial charge in [0.1, 0.15) is 0 Å². The number of rotatable bonds is 7. The fourth-order valence-electron chi connectivity index (χ4n) is 1.21. The van der Waals surface area contributed by atoms with Crippen molar-refractivity contribution in [3.8, 4) is 0 Å². The van der Waals surface area contributed by atoms with Gasteiger partial charge in [0, 0.05) is 12.7 Å². The van der Waals surface area contributed by atoms with Crippen molar-refractivity contribution in [1.82, 2.24) is 15.2 Å². The largest absolute Gasteiger partial charge is 0.359 e. The van der Waals surface area contributed by atoms with Crippen molar-refractivity contribution >= 4 is 34.0 Å². The number of ketones is 1. The first kappa shape index (κ1) is 12.8. The lowest BCUT2D eigenvalue weighted by Gasteiger charge is -1.95. The highest BCUT2D eigenvalue weighted by Crippen LogP contribution is 2.25. The van der Waals surface area contributed by atoms with Crippen molar-refractivity contribution in [3.05, 3.63) is 36.7 Å². The van der Waals surface area contributed by atoms with E-state index >= 15 is 0 Å². The zero-order valence-corrected chi connectivity index (χ0v) is 11.2. The highest BCUT2D eigenvalue weighted by atomic mass is 32.2. The zero-order chi connectivity index (χ0) is 12.8. The molecule has 0 radical (unpaired) electrons. The average Bonchev–Trinajstić information content (AvgIpc) is 3.04. The molecule has 0 aromatic carbocycles. The van der Waals surface area contributed by atoms with Gasteiger partial charge in [0.05, 0.1) is 11.4 Å². The summed E-state index contributed by atoms with van der Waals surface area (Å²) < 4.78 is 0.779. The number of H-pyrrole nitrogens is 1. The number of thioether (sulfide) groups is 1. The Kier molecular flexibility index (Phi) is 4.54. The van der Waals surface area contributed by atoms with Gasteiger partial charge >= 0.3 is 0 Å². The van der Waals surface area contributed by atoms with Gasteiger partial charge in [-0.2, -0.15) is 0 Å². The number of nitrogens with zero attached hydrogens (tertiary/aromatic N) is 2. The maximum absolute atomic E-state index is 11.7. The van der Waals surface area contributed by atoms with Crippen LogP contribution in [0.1, 0.15) is 10.5 Å². The van der Waals surface area contributed by atoms with Gasteiger partial charge < -0.3 is 10.3 Å². The van der Waals surface area contributed by atoms with E-state index in [1.54, 1.807) is 24.4 Å². The molecular formula is C11H12N4OS2. The second-order valence-electron chi connectivity index (χ2n) is 3.34. The van der Waals surface area contributed by atoms with Crippen molar-refractivity contribution < 1.29 is 4.79 Å². The molecule has 2 heterocycles. The maximum Gasteiger partial charge on any atom is 0.206 e. The Morgan fingerprint density at radius 2 is 2.50 bits per heavy atom. The highest BCUT2D eigenvalue weighted by molar-refractivity contribution is 8.01. The minimum atomic E-state index is 0.0563. The molecular weight excluding hydrogens is 268 g/mol. The predicted molar refractivity (Wildman–Crippen MR) is 74.4 cm³/mol. The summed E-state index contributed by atoms with van der Waals surface area (Å²) in [5.74, 6) is 0.414. The molecule has 2 N–H and O–H groups in total. The van der Waals surface area contributed by atoms with Crippen LogP contribution in [0, 0.1) is 0 Å². The third-order valence-corrected chi connectivity index (χ3v) is 4.04. The van der Waals surface area contributed by atoms with E-state index in [4.69, 9.17) is 0 Å². The molecule has 0 aliphatic rings. The second-order valence-corrected chi connectivity index (χ2v) is 5.54. The van der Waals surface area contributed by atoms with Crippen LogP contribution < -0.4 is 5.32 Å². The van der Waals surface area contributed by atoms with Gasteiger partial charge in [-0.3, -0.25) is 4.79 Å². The molecule has 0 atom stereocenters. The van der Waals surface area contributed by atoms with E-state index in [1.807, 2.05) is 0 Å². The number of aromatic nitrogens is 3. The molecule has 0 saturated heterocycles. The molecule has 2 aromatic rings. The Labute approximate surface area is 113 Å². The van der Waals surface area contributed by atoms with Crippen LogP contribution in [0.15, 0.2) is 35.3 Å². The summed E-state index contributed by atoms with van der Waals surface area (Å²) in [4.78, 5) is 14.6. The van der Waals surface area contributed by atoms with Crippen LogP contribution in [-0.2, 0) is 0 Å². The van der Waals surface area contributed by atoms with Crippen LogP contribution in [0.4, 0.5) is 5.13 Å². The van der Waals surface area contributed by atoms with E-state index in [1.165, 1.54) is 23.1 Å². The number of Topliss-reactive ketones (excluding diaryl/α,β-unsaturated/α-hetero) is 1. The lowest BCUT2D eigenvalue weighted by atomic mass is 10.3. The van der Waals surface area contributed by atoms with E-state index in [0.717, 1.165) is 9.47 Å². The number of nitrogens with one attached hydrogen (secondary N) is 2. The average molecular weight is 280 g/mol. The van der Waals surface area contributed by atoms with Crippen LogP contribution in [0.25, 0.3) is 0 Å². The van der Waals surface area contributed by atoms with E-state index in [2.05, 4.69) is 27.1 Å². The van der Waals surface area contributed by atoms with E-state index in [-0.39, 0.29) is 5.78 Å². The Morgan fingerprint density at radius 1 is 1.61 bits per heavy atom. The molecule has 94 valence electrons. The summed E-state index contributed by atoms with van der Waals surface area (Å²) in [7, 11) is 0. The van der Waals surface area contributed by atoms with E-state index in [0.29, 0.717) is 18.0 Å². The van der Waals surface area contributed by atoms with Gasteiger partial charge in [0.25, 0.3) is 0 Å². The maximum atomic E-state index is 11.7. The molecule has 0 fully saturated rings. The van der Waals surface area contributed by atoms with Crippen LogP contribution in [0.3, 0.4) is 0 Å². The number of hydrogen-bond donors (Lipinski definition) is 2. The number of carbonyl (C=O) groups is 1. The van der Waals surface area contributed by atoms with Crippen LogP contribution in [0.2, 0.25) is 0 Å². The van der Waals surface area contributed by atoms with Gasteiger partial charge in [-0.05, 0) is 12.1 Å². The first-order valence-electron chi connectivity index (χ1n) is 5.27. The molecule has 5 nitrogen and oxygen atoms in total. The summed E-state index contributed by atoms with van der Waals surface area (Å²) in [6, 6.07) is 3.57. The molecule has 18 heavy (non-hydrogen) atoms. The summed E-state index contributed by atoms with van der Waals surface area (Å²) >= 11 is 2.82. The molecule has 7 heteroatoms. The molecule has 0 unspecified atom stereocenters. The third-order valence-electron chi connectivity index (χ3n) is 2.03. The minimum absolute atomic E-state index is 0.0563. The first-order chi connectivity index (χ1) is 8.79. The minimum Gasteiger partial charge on any atom is -0.359 e. The Hall–Kier alpha value is -1.60. The van der Waals surface area contributed by atoms with Gasteiger partial charge in [-0.1, -0.05) is 29.2 Å². The topological polar surface area (TPSA) is 70.7 Å². The van der Waals surface area contributed by atoms with Crippen LogP contribution >= 0.6 is 23.1 Å². The predicted octanol–water partition coefficient (Wildman–Crippen LogP) is 2.44. The van der Waals surface area contributed by atoms with Crippen molar-refractivity contribution in [2.75, 3.05) is 17.6 Å². The highest BCUT2D eigenvalue weighted by Gasteiger charge is 2.10. The van der Waals surface area contributed by atoms with Crippen molar-refractivity contribution in [1.29, 1.82) is 0 Å². The monoisotopic (exact) mass is 280 g/mol. The fraction of sp³-hybridized carbons (Fsp3) is 0.182. The lowest BCUT2D eigenvalue weighted by molar-refractivity contribution is 0.101. The number of carbonyl (C=O) groups excluding carboxylic acids is 1. The Balaban J connectivity index is 1.84. The summed E-state index contributed by atoms with van der Waals surface area (Å²) in [5, 5.41) is 11.8. The molecule has 2 aromatic heterocycles. The SMILES string of the molecule is C=CCNc1nnc(SCC(=O)c2ccc[nH]2)s1. The number of aromatic amines is 1. The molecule has 0 bridgehead atoms. The molecule has 2 rings (SSSR count). The third kappa shape index (κ3) is 3.44. The van der Waals surface area contributed by atoms with Crippen LogP contribution in [-0.4, -0.2) is 33.3 Å². The lowest BCUT2D eigenvalue weighted by Crippen LogP contribution is -2.02. The quantitative estimate of drug-likeness (QED) is 0.463. The Morgan fingerprint density at radius 3 is 3.22 bits per heavy atom. The van der Waals surface area contributed by atoms with Gasteiger partial charge in [-0.25, -0.2) is 0 Å². The summed E-state index contributed by atoms with van der Waals surface area (Å²) in [6.45, 7) is 4.26. The first-order valence-corrected chi connectivity index (χ1v) is 7.07. The van der Waals surface area contributed by atoms with Gasteiger partial charge in [0.2, 0.25) is 5.13 Å². The zero-order valence-electron chi connectivity index (χ0n) is 9.55. The van der Waals surface area contributed by atoms with Crippen molar-refractivity contribution in [2.45, 2.75) is 4.34 Å². The molecule has 0 saturated carbocycles. The number of hydrogen-bond acceptors (Lipinski definition) is 6. The van der Waals surface area contributed by atoms with Crippen molar-refractivity contribution in [2.24, 2.45) is 0 Å². The molecule has 0 spiro atoms. The fourth-order valence-corrected chi connectivity index (χ4v) is 2.85. The number of anilines is 1. The summed E-state index contributed by atoms with van der Waals surface area (Å²) in [5.41, 5.74) is 0.622. The Bertz CT molecular complexity index is 521. The van der Waals surface area contributed by atoms with Gasteiger partial charge in [-0.15, -0.1) is 16.8 Å².